The first-order valence-corrected chi connectivity index (χ1v) is 7.85. The Morgan fingerprint density at radius 2 is 1.95 bits per heavy atom. The summed E-state index contributed by atoms with van der Waals surface area (Å²) < 4.78 is 1.91. The highest BCUT2D eigenvalue weighted by Gasteiger charge is 2.31. The van der Waals surface area contributed by atoms with E-state index in [0.717, 1.165) is 44.3 Å². The fourth-order valence-corrected chi connectivity index (χ4v) is 2.99. The molecule has 1 amide bonds. The van der Waals surface area contributed by atoms with E-state index in [4.69, 9.17) is 0 Å². The first kappa shape index (κ1) is 13.7. The average Bonchev–Trinajstić information content (AvgIpc) is 3.23. The number of likely N-dealkylation sites (tertiary alicyclic amines) is 1. The molecule has 110 valence electrons. The molecule has 1 atom stereocenters. The Hall–Kier alpha value is -1.29. The fraction of sp³-hybridized carbons (Fsp3) is 0.688. The van der Waals surface area contributed by atoms with Crippen molar-refractivity contribution in [3.63, 3.8) is 0 Å². The number of amides is 1. The lowest BCUT2D eigenvalue weighted by molar-refractivity contribution is -0.131. The Balaban J connectivity index is 1.57. The van der Waals surface area contributed by atoms with E-state index in [2.05, 4.69) is 0 Å². The van der Waals surface area contributed by atoms with Gasteiger partial charge in [-0.3, -0.25) is 4.79 Å². The van der Waals surface area contributed by atoms with Crippen LogP contribution >= 0.6 is 0 Å². The summed E-state index contributed by atoms with van der Waals surface area (Å²) in [6, 6.07) is 1.94. The Kier molecular flexibility index (Phi) is 4.10. The highest BCUT2D eigenvalue weighted by Crippen LogP contribution is 2.40. The van der Waals surface area contributed by atoms with Crippen molar-refractivity contribution in [3.8, 4) is 0 Å². The van der Waals surface area contributed by atoms with Crippen molar-refractivity contribution in [2.24, 2.45) is 5.92 Å². The van der Waals surface area contributed by atoms with Crippen LogP contribution in [0.5, 0.6) is 0 Å². The van der Waals surface area contributed by atoms with Crippen molar-refractivity contribution in [1.82, 2.24) is 9.47 Å². The first-order valence-electron chi connectivity index (χ1n) is 7.85. The van der Waals surface area contributed by atoms with E-state index in [1.54, 1.807) is 0 Å². The summed E-state index contributed by atoms with van der Waals surface area (Å²) >= 11 is 0. The fourth-order valence-electron chi connectivity index (χ4n) is 2.99. The van der Waals surface area contributed by atoms with Crippen molar-refractivity contribution in [2.45, 2.75) is 51.2 Å². The second-order valence-corrected chi connectivity index (χ2v) is 6.19. The van der Waals surface area contributed by atoms with Gasteiger partial charge in [0.2, 0.25) is 5.91 Å². The number of hydrogen-bond acceptors (Lipinski definition) is 2. The van der Waals surface area contributed by atoms with E-state index >= 15 is 0 Å². The smallest absolute Gasteiger partial charge is 0.242 e. The number of nitrogens with zero attached hydrogens (tertiary/aromatic N) is 2. The van der Waals surface area contributed by atoms with Gasteiger partial charge in [0.25, 0.3) is 0 Å². The predicted octanol–water partition coefficient (Wildman–Crippen LogP) is 2.33. The molecule has 1 saturated heterocycles. The molecule has 20 heavy (non-hydrogen) atoms. The minimum atomic E-state index is -0.343. The SMILES string of the molecule is O=C(Cn1ccc(C(O)C2CC2)c1)N1CCCCCC1. The molecule has 1 aliphatic carbocycles. The standard InChI is InChI=1S/C16H24N2O2/c19-15(18-8-3-1-2-4-9-18)12-17-10-7-14(11-17)16(20)13-5-6-13/h7,10-11,13,16,20H,1-6,8-9,12H2. The largest absolute Gasteiger partial charge is 0.388 e. The van der Waals surface area contributed by atoms with Gasteiger partial charge < -0.3 is 14.6 Å². The quantitative estimate of drug-likeness (QED) is 0.917. The van der Waals surface area contributed by atoms with Crippen LogP contribution in [0.4, 0.5) is 0 Å². The van der Waals surface area contributed by atoms with Crippen molar-refractivity contribution < 1.29 is 9.90 Å². The summed E-state index contributed by atoms with van der Waals surface area (Å²) in [7, 11) is 0. The van der Waals surface area contributed by atoms with Crippen LogP contribution in [-0.2, 0) is 11.3 Å². The summed E-state index contributed by atoms with van der Waals surface area (Å²) in [5, 5.41) is 10.1. The number of aliphatic hydroxyl groups excluding tert-OH is 1. The zero-order chi connectivity index (χ0) is 13.9. The summed E-state index contributed by atoms with van der Waals surface area (Å²) in [6.07, 6.45) is 10.5. The number of carbonyl (C=O) groups excluding carboxylic acids is 1. The van der Waals surface area contributed by atoms with Crippen molar-refractivity contribution in [1.29, 1.82) is 0 Å². The Morgan fingerprint density at radius 1 is 1.25 bits per heavy atom. The number of hydrogen-bond donors (Lipinski definition) is 1. The maximum atomic E-state index is 12.3. The van der Waals surface area contributed by atoms with E-state index in [0.29, 0.717) is 12.5 Å². The number of rotatable bonds is 4. The van der Waals surface area contributed by atoms with Gasteiger partial charge >= 0.3 is 0 Å². The van der Waals surface area contributed by atoms with Crippen LogP contribution in [0.2, 0.25) is 0 Å². The number of carbonyl (C=O) groups is 1. The molecule has 1 N–H and O–H groups in total. The molecule has 0 spiro atoms. The summed E-state index contributed by atoms with van der Waals surface area (Å²) in [5.74, 6) is 0.641. The zero-order valence-corrected chi connectivity index (χ0v) is 12.0. The van der Waals surface area contributed by atoms with Crippen LogP contribution in [-0.4, -0.2) is 33.6 Å². The van der Waals surface area contributed by atoms with Crippen LogP contribution in [0.1, 0.15) is 50.2 Å². The molecule has 3 rings (SSSR count). The van der Waals surface area contributed by atoms with Crippen LogP contribution in [0.25, 0.3) is 0 Å². The Labute approximate surface area is 120 Å². The predicted molar refractivity (Wildman–Crippen MR) is 77.2 cm³/mol. The summed E-state index contributed by atoms with van der Waals surface area (Å²) in [4.78, 5) is 14.3. The molecule has 0 bridgehead atoms. The molecule has 1 aromatic rings. The minimum absolute atomic E-state index is 0.204. The van der Waals surface area contributed by atoms with Gasteiger partial charge in [-0.1, -0.05) is 12.8 Å². The monoisotopic (exact) mass is 276 g/mol. The molecule has 4 nitrogen and oxygen atoms in total. The van der Waals surface area contributed by atoms with Gasteiger partial charge in [0.1, 0.15) is 6.54 Å². The summed E-state index contributed by atoms with van der Waals surface area (Å²) in [5.41, 5.74) is 0.955. The maximum Gasteiger partial charge on any atom is 0.242 e. The van der Waals surface area contributed by atoms with Gasteiger partial charge in [0.15, 0.2) is 0 Å². The molecule has 1 aromatic heterocycles. The van der Waals surface area contributed by atoms with E-state index in [9.17, 15) is 9.90 Å². The average molecular weight is 276 g/mol. The molecule has 0 aromatic carbocycles. The summed E-state index contributed by atoms with van der Waals surface area (Å²) in [6.45, 7) is 2.20. The second kappa shape index (κ2) is 6.00. The lowest BCUT2D eigenvalue weighted by Crippen LogP contribution is -2.34. The van der Waals surface area contributed by atoms with Gasteiger partial charge in [-0.2, -0.15) is 0 Å². The lowest BCUT2D eigenvalue weighted by Gasteiger charge is -2.20. The highest BCUT2D eigenvalue weighted by molar-refractivity contribution is 5.76. The molecule has 1 aliphatic heterocycles. The van der Waals surface area contributed by atoms with Gasteiger partial charge in [0, 0.05) is 25.5 Å². The van der Waals surface area contributed by atoms with Gasteiger partial charge in [-0.05, 0) is 43.2 Å². The second-order valence-electron chi connectivity index (χ2n) is 6.19. The molecule has 2 fully saturated rings. The van der Waals surface area contributed by atoms with E-state index in [1.807, 2.05) is 27.9 Å². The van der Waals surface area contributed by atoms with Crippen LogP contribution in [0.15, 0.2) is 18.5 Å². The van der Waals surface area contributed by atoms with Crippen LogP contribution < -0.4 is 0 Å². The minimum Gasteiger partial charge on any atom is -0.388 e. The Morgan fingerprint density at radius 3 is 2.60 bits per heavy atom. The molecule has 2 heterocycles. The molecule has 0 radical (unpaired) electrons. The lowest BCUT2D eigenvalue weighted by atomic mass is 10.1. The van der Waals surface area contributed by atoms with Crippen LogP contribution in [0, 0.1) is 5.92 Å². The van der Waals surface area contributed by atoms with Crippen molar-refractivity contribution >= 4 is 5.91 Å². The number of aliphatic hydroxyl groups is 1. The maximum absolute atomic E-state index is 12.3. The van der Waals surface area contributed by atoms with Gasteiger partial charge in [-0.25, -0.2) is 0 Å². The molecular weight excluding hydrogens is 252 g/mol. The van der Waals surface area contributed by atoms with Crippen LogP contribution in [0.3, 0.4) is 0 Å². The third kappa shape index (κ3) is 3.23. The molecule has 4 heteroatoms. The van der Waals surface area contributed by atoms with Crippen molar-refractivity contribution in [3.05, 3.63) is 24.0 Å². The van der Waals surface area contributed by atoms with E-state index < -0.39 is 0 Å². The number of aromatic nitrogens is 1. The molecular formula is C16H24N2O2. The van der Waals surface area contributed by atoms with Gasteiger partial charge in [-0.15, -0.1) is 0 Å². The Bertz CT molecular complexity index is 457. The molecule has 2 aliphatic rings. The third-order valence-corrected chi connectivity index (χ3v) is 4.46. The first-order chi connectivity index (χ1) is 9.74. The molecule has 1 saturated carbocycles. The normalized spacial score (nSPS) is 21.6. The van der Waals surface area contributed by atoms with Crippen molar-refractivity contribution in [2.75, 3.05) is 13.1 Å². The third-order valence-electron chi connectivity index (χ3n) is 4.46. The topological polar surface area (TPSA) is 45.5 Å². The highest BCUT2D eigenvalue weighted by atomic mass is 16.3. The zero-order valence-electron chi connectivity index (χ0n) is 12.0. The van der Waals surface area contributed by atoms with E-state index in [-0.39, 0.29) is 12.0 Å². The van der Waals surface area contributed by atoms with Gasteiger partial charge in [0.05, 0.1) is 6.10 Å². The molecule has 1 unspecified atom stereocenters. The van der Waals surface area contributed by atoms with E-state index in [1.165, 1.54) is 12.8 Å².